The smallest absolute Gasteiger partial charge is 0.129 e. The first-order valence-corrected chi connectivity index (χ1v) is 36.5. The van der Waals surface area contributed by atoms with E-state index in [9.17, 15) is 0 Å². The molecule has 7 aromatic rings. The molecule has 8 heterocycles. The highest BCUT2D eigenvalue weighted by atomic mass is 32.1. The van der Waals surface area contributed by atoms with Crippen molar-refractivity contribution in [2.24, 2.45) is 9.98 Å². The highest BCUT2D eigenvalue weighted by Crippen LogP contribution is 2.26. The number of aromatic nitrogens is 9. The van der Waals surface area contributed by atoms with Crippen LogP contribution in [0.2, 0.25) is 0 Å². The van der Waals surface area contributed by atoms with Crippen LogP contribution in [0.1, 0.15) is 234 Å². The fourth-order valence-corrected chi connectivity index (χ4v) is 8.42. The number of pyridine rings is 3. The number of allylic oxidation sites excluding steroid dienone is 14. The van der Waals surface area contributed by atoms with Gasteiger partial charge in [-0.15, -0.1) is 21.5 Å². The molecule has 0 atom stereocenters. The van der Waals surface area contributed by atoms with Crippen molar-refractivity contribution in [2.45, 2.75) is 254 Å². The molecule has 0 amide bonds. The molecular formula is C85H131N11S2. The molecule has 12 rings (SSSR count). The molecule has 6 aromatic heterocycles. The molecule has 5 aliphatic rings. The minimum absolute atomic E-state index is 0.838. The first-order chi connectivity index (χ1) is 46.5. The van der Waals surface area contributed by atoms with E-state index in [4.69, 9.17) is 0 Å². The van der Waals surface area contributed by atoms with E-state index in [0.717, 1.165) is 57.3 Å². The van der Waals surface area contributed by atoms with Gasteiger partial charge in [-0.2, -0.15) is 4.37 Å². The maximum Gasteiger partial charge on any atom is 0.129 e. The van der Waals surface area contributed by atoms with E-state index in [1.54, 1.807) is 35.6 Å². The van der Waals surface area contributed by atoms with Gasteiger partial charge in [0, 0.05) is 71.6 Å². The van der Waals surface area contributed by atoms with Gasteiger partial charge in [0.2, 0.25) is 0 Å². The van der Waals surface area contributed by atoms with Crippen molar-refractivity contribution in [3.05, 3.63) is 261 Å². The third kappa shape index (κ3) is 47.1. The summed E-state index contributed by atoms with van der Waals surface area (Å²) in [6, 6.07) is 18.3. The van der Waals surface area contributed by atoms with Crippen LogP contribution in [-0.4, -0.2) is 62.9 Å². The standard InChI is InChI=1S/C10H14.C8H11N.3C8H12.2C7H9N.C6H8N2.C5H7N.C4H5N.2C3H4N2S.4C2H6/c1-7-5-6-8(2)10(4)9(7)3;1-6-4-5-9-8(3)7(6)2;3*1-6-4-5-7(2)8(6)3;1-6-4-3-5-8-7(6)2;1-6-4-3-5-7(2)8-6;1-5-3-4-7-6(2)8-5;1-5-3-2-4-6-5;1-2-4-5-3-1;1-3-5-4-2-6-3;1-3-4-2-5-6-3;4*1-2/h5-6H,1-4H3;4-5H,1-3H3;3*4H,5H2,1-3H3;2*3-5H,1-2H3;3-4H,1-2H3;2,4H,3H2,1H3;1-3H,4H2;2*2H,1H3;4*1-2H3. The second-order valence-corrected chi connectivity index (χ2v) is 24.7. The van der Waals surface area contributed by atoms with Gasteiger partial charge in [-0.25, -0.2) is 15.0 Å². The summed E-state index contributed by atoms with van der Waals surface area (Å²) in [6.45, 7) is 69.2. The van der Waals surface area contributed by atoms with Gasteiger partial charge in [-0.1, -0.05) is 143 Å². The van der Waals surface area contributed by atoms with E-state index >= 15 is 0 Å². The van der Waals surface area contributed by atoms with E-state index < -0.39 is 0 Å². The van der Waals surface area contributed by atoms with Gasteiger partial charge in [-0.05, 0) is 296 Å². The third-order valence-electron chi connectivity index (χ3n) is 15.4. The molecule has 98 heavy (non-hydrogen) atoms. The fraction of sp³-hybridized carbons (Fsp3) is 0.447. The van der Waals surface area contributed by atoms with Crippen molar-refractivity contribution in [1.29, 1.82) is 0 Å². The summed E-state index contributed by atoms with van der Waals surface area (Å²) in [4.78, 5) is 32.0. The minimum Gasteiger partial charge on any atom is -0.289 e. The molecule has 0 N–H and O–H groups in total. The Labute approximate surface area is 607 Å². The monoisotopic (exact) mass is 1370 g/mol. The Hall–Kier alpha value is -7.87. The van der Waals surface area contributed by atoms with Crippen LogP contribution >= 0.6 is 22.9 Å². The van der Waals surface area contributed by atoms with Gasteiger partial charge in [0.15, 0.2) is 0 Å². The van der Waals surface area contributed by atoms with Crippen molar-refractivity contribution in [3.63, 3.8) is 0 Å². The lowest BCUT2D eigenvalue weighted by Crippen LogP contribution is -1.88. The van der Waals surface area contributed by atoms with Crippen LogP contribution in [0.3, 0.4) is 0 Å². The van der Waals surface area contributed by atoms with Gasteiger partial charge in [0.25, 0.3) is 0 Å². The Morgan fingerprint density at radius 1 is 0.398 bits per heavy atom. The van der Waals surface area contributed by atoms with E-state index in [0.29, 0.717) is 0 Å². The van der Waals surface area contributed by atoms with Crippen LogP contribution in [0.4, 0.5) is 0 Å². The highest BCUT2D eigenvalue weighted by molar-refractivity contribution is 7.09. The average molecular weight is 1370 g/mol. The molecule has 13 heteroatoms. The summed E-state index contributed by atoms with van der Waals surface area (Å²) in [5.41, 5.74) is 31.4. The minimum atomic E-state index is 0.838. The number of benzene rings is 1. The number of aliphatic imine (C=N–C) groups is 2. The van der Waals surface area contributed by atoms with Gasteiger partial charge in [-0.3, -0.25) is 24.9 Å². The molecule has 0 saturated heterocycles. The average Bonchev–Trinajstić information content (AvgIpc) is 1.22. The van der Waals surface area contributed by atoms with Crippen molar-refractivity contribution in [1.82, 2.24) is 44.5 Å². The summed E-state index contributed by atoms with van der Waals surface area (Å²) in [7, 11) is 0. The predicted octanol–water partition coefficient (Wildman–Crippen LogP) is 25.2. The first-order valence-electron chi connectivity index (χ1n) is 34.8. The van der Waals surface area contributed by atoms with Gasteiger partial charge in [0.05, 0.1) is 6.54 Å². The van der Waals surface area contributed by atoms with Crippen LogP contribution in [-0.2, 0) is 0 Å². The Morgan fingerprint density at radius 3 is 1.07 bits per heavy atom. The predicted molar refractivity (Wildman–Crippen MR) is 437 cm³/mol. The Balaban J connectivity index is -0.000000488. The SMILES string of the molecule is C1=CCN=C1.CC.CC.CC.CC.CC1=CCC(C)=C1C.CC1=CCC(C)=C1C.CC1=CCC(C)=C1C.CC1=NC=CC1.Cc1ccc(C)c(C)c1C.Cc1cccc(C)n1.Cc1cccnc1C.Cc1ccnc(C)c1C.Cc1ccnc(C)n1.Cc1ncns1.Cc1nncs1. The van der Waals surface area contributed by atoms with Gasteiger partial charge < -0.3 is 0 Å². The largest absolute Gasteiger partial charge is 0.289 e. The van der Waals surface area contributed by atoms with Crippen molar-refractivity contribution >= 4 is 34.8 Å². The van der Waals surface area contributed by atoms with Crippen LogP contribution in [0.5, 0.6) is 0 Å². The summed E-state index contributed by atoms with van der Waals surface area (Å²) >= 11 is 2.97. The zero-order valence-corrected chi connectivity index (χ0v) is 69.1. The van der Waals surface area contributed by atoms with Crippen LogP contribution in [0, 0.1) is 104 Å². The van der Waals surface area contributed by atoms with Crippen molar-refractivity contribution in [2.75, 3.05) is 6.54 Å². The molecule has 538 valence electrons. The zero-order chi connectivity index (χ0) is 75.7. The quantitative estimate of drug-likeness (QED) is 0.145. The Kier molecular flexibility index (Phi) is 59.4. The Morgan fingerprint density at radius 2 is 0.867 bits per heavy atom. The third-order valence-corrected chi connectivity index (χ3v) is 16.6. The number of aryl methyl sites for hydroxylation is 12. The van der Waals surface area contributed by atoms with Gasteiger partial charge in [0.1, 0.15) is 27.7 Å². The lowest BCUT2D eigenvalue weighted by molar-refractivity contribution is 1.01. The molecule has 0 bridgehead atoms. The number of hydrogen-bond acceptors (Lipinski definition) is 13. The maximum absolute atomic E-state index is 4.17. The molecule has 11 nitrogen and oxygen atoms in total. The summed E-state index contributed by atoms with van der Waals surface area (Å²) in [5.74, 6) is 0.838. The van der Waals surface area contributed by atoms with E-state index in [-0.39, 0.29) is 0 Å². The van der Waals surface area contributed by atoms with E-state index in [1.807, 2.05) is 185 Å². The van der Waals surface area contributed by atoms with Crippen molar-refractivity contribution < 1.29 is 0 Å². The molecule has 2 aliphatic heterocycles. The number of nitrogens with zero attached hydrogens (tertiary/aromatic N) is 11. The lowest BCUT2D eigenvalue weighted by Gasteiger charge is -2.06. The summed E-state index contributed by atoms with van der Waals surface area (Å²) in [5, 5.41) is 9.32. The topological polar surface area (TPSA) is 141 Å². The maximum atomic E-state index is 4.17. The van der Waals surface area contributed by atoms with Crippen LogP contribution in [0.15, 0.2) is 188 Å². The fourth-order valence-electron chi connectivity index (χ4n) is 7.74. The first kappa shape index (κ1) is 96.5. The molecular weight excluding hydrogens is 1240 g/mol. The zero-order valence-electron chi connectivity index (χ0n) is 67.5. The van der Waals surface area contributed by atoms with Gasteiger partial charge >= 0.3 is 0 Å². The molecule has 0 saturated carbocycles. The Bertz CT molecular complexity index is 3270. The van der Waals surface area contributed by atoms with Crippen LogP contribution in [0.25, 0.3) is 0 Å². The summed E-state index contributed by atoms with van der Waals surface area (Å²) < 4.78 is 3.75. The molecule has 0 spiro atoms. The molecule has 0 radical (unpaired) electrons. The lowest BCUT2D eigenvalue weighted by atomic mass is 10.0. The van der Waals surface area contributed by atoms with E-state index in [1.165, 1.54) is 126 Å². The van der Waals surface area contributed by atoms with Crippen LogP contribution < -0.4 is 0 Å². The van der Waals surface area contributed by atoms with Crippen molar-refractivity contribution in [3.8, 4) is 0 Å². The second kappa shape index (κ2) is 60.3. The summed E-state index contributed by atoms with van der Waals surface area (Å²) in [6.07, 6.45) is 28.1. The molecule has 0 unspecified atom stereocenters. The molecule has 1 aromatic carbocycles. The molecule has 3 aliphatic carbocycles. The number of rotatable bonds is 0. The van der Waals surface area contributed by atoms with E-state index in [2.05, 4.69) is 208 Å². The number of hydrogen-bond donors (Lipinski definition) is 0. The second-order valence-electron chi connectivity index (χ2n) is 22.7. The molecule has 0 fully saturated rings. The normalized spacial score (nSPS) is 12.3. The highest BCUT2D eigenvalue weighted by Gasteiger charge is 2.06.